The van der Waals surface area contributed by atoms with Crippen molar-refractivity contribution in [2.24, 2.45) is 17.1 Å². The fourth-order valence-corrected chi connectivity index (χ4v) is 3.46. The number of hydrogen-bond acceptors (Lipinski definition) is 7. The zero-order chi connectivity index (χ0) is 16.4. The molecule has 1 saturated carbocycles. The normalized spacial score (nSPS) is 32.3. The fraction of sp³-hybridized carbons (Fsp3) is 0.562. The maximum absolute atomic E-state index is 12.3. The number of esters is 1. The van der Waals surface area contributed by atoms with Crippen LogP contribution in [-0.4, -0.2) is 31.6 Å². The molecule has 1 saturated heterocycles. The van der Waals surface area contributed by atoms with Crippen molar-refractivity contribution < 1.29 is 23.8 Å². The Morgan fingerprint density at radius 2 is 2.04 bits per heavy atom. The van der Waals surface area contributed by atoms with E-state index in [1.54, 1.807) is 31.4 Å². The highest BCUT2D eigenvalue weighted by atomic mass is 16.7. The number of methoxy groups -OCH3 is 1. The third-order valence-corrected chi connectivity index (χ3v) is 4.66. The molecule has 3 rings (SSSR count). The Balaban J connectivity index is 1.64. The maximum Gasteiger partial charge on any atom is 0.338 e. The van der Waals surface area contributed by atoms with Crippen LogP contribution in [-0.2, 0) is 14.2 Å². The number of carbonyl (C=O) groups excluding carboxylic acids is 1. The van der Waals surface area contributed by atoms with Gasteiger partial charge in [-0.3, -0.25) is 0 Å². The van der Waals surface area contributed by atoms with Gasteiger partial charge >= 0.3 is 5.97 Å². The Labute approximate surface area is 134 Å². The highest BCUT2D eigenvalue weighted by molar-refractivity contribution is 5.89. The van der Waals surface area contributed by atoms with E-state index in [-0.39, 0.29) is 24.5 Å². The summed E-state index contributed by atoms with van der Waals surface area (Å²) in [4.78, 5) is 17.0. The van der Waals surface area contributed by atoms with Gasteiger partial charge < -0.3 is 19.0 Å². The minimum atomic E-state index is -0.387. The van der Waals surface area contributed by atoms with Crippen LogP contribution in [0.2, 0.25) is 0 Å². The van der Waals surface area contributed by atoms with Crippen LogP contribution in [0.3, 0.4) is 0 Å². The first-order chi connectivity index (χ1) is 11.1. The number of ether oxygens (including phenoxy) is 3. The van der Waals surface area contributed by atoms with Crippen LogP contribution in [0.1, 0.15) is 30.1 Å². The molecule has 0 radical (unpaired) electrons. The molecule has 0 aromatic heterocycles. The second-order valence-corrected chi connectivity index (χ2v) is 6.03. The lowest BCUT2D eigenvalue weighted by Gasteiger charge is -2.20. The van der Waals surface area contributed by atoms with Crippen molar-refractivity contribution in [2.45, 2.75) is 38.3 Å². The summed E-state index contributed by atoms with van der Waals surface area (Å²) >= 11 is 0. The molecule has 1 aromatic carbocycles. The van der Waals surface area contributed by atoms with Crippen LogP contribution >= 0.6 is 0 Å². The first-order valence-electron chi connectivity index (χ1n) is 7.65. The van der Waals surface area contributed by atoms with Gasteiger partial charge in [-0.2, -0.15) is 5.53 Å². The zero-order valence-corrected chi connectivity index (χ0v) is 13.1. The van der Waals surface area contributed by atoms with Crippen LogP contribution in [0.4, 0.5) is 0 Å². The van der Waals surface area contributed by atoms with Gasteiger partial charge in [-0.05, 0) is 42.5 Å². The van der Waals surface area contributed by atoms with E-state index in [0.717, 1.165) is 12.8 Å². The standard InChI is InChI=1S/C16H20N2O5/c1-9-7-13(15-12(9)8-14(20-2)22-15)21-16(19)10-3-5-11(6-4-10)23-18-17/h3-6,9,12-15,17H,7-8H2,1-2H3/t9-,12+,13-,14?,15+/m1/s1. The topological polar surface area (TPSA) is 90.2 Å². The second-order valence-electron chi connectivity index (χ2n) is 6.03. The van der Waals surface area contributed by atoms with Gasteiger partial charge in [0.1, 0.15) is 12.2 Å². The molecular formula is C16H20N2O5. The lowest BCUT2D eigenvalue weighted by atomic mass is 9.95. The summed E-state index contributed by atoms with van der Waals surface area (Å²) in [5.41, 5.74) is 7.06. The Kier molecular flexibility index (Phi) is 4.58. The lowest BCUT2D eigenvalue weighted by molar-refractivity contribution is -0.137. The van der Waals surface area contributed by atoms with Gasteiger partial charge in [0, 0.05) is 18.8 Å². The van der Waals surface area contributed by atoms with Crippen LogP contribution in [0.5, 0.6) is 5.75 Å². The fourth-order valence-electron chi connectivity index (χ4n) is 3.46. The molecular weight excluding hydrogens is 300 g/mol. The first-order valence-corrected chi connectivity index (χ1v) is 7.65. The molecule has 2 fully saturated rings. The number of rotatable bonds is 5. The molecule has 5 atom stereocenters. The van der Waals surface area contributed by atoms with Gasteiger partial charge in [0.25, 0.3) is 0 Å². The molecule has 1 aromatic rings. The molecule has 1 N–H and O–H groups in total. The van der Waals surface area contributed by atoms with Gasteiger partial charge in [-0.15, -0.1) is 0 Å². The van der Waals surface area contributed by atoms with E-state index in [0.29, 0.717) is 23.1 Å². The van der Waals surface area contributed by atoms with Crippen molar-refractivity contribution in [2.75, 3.05) is 7.11 Å². The van der Waals surface area contributed by atoms with E-state index < -0.39 is 0 Å². The van der Waals surface area contributed by atoms with Gasteiger partial charge in [0.05, 0.1) is 5.56 Å². The summed E-state index contributed by atoms with van der Waals surface area (Å²) in [6.07, 6.45) is 1.10. The van der Waals surface area contributed by atoms with E-state index in [9.17, 15) is 4.79 Å². The summed E-state index contributed by atoms with van der Waals surface area (Å²) in [5, 5.41) is 2.83. The van der Waals surface area contributed by atoms with Crippen molar-refractivity contribution in [1.29, 1.82) is 5.53 Å². The highest BCUT2D eigenvalue weighted by Gasteiger charge is 2.50. The Hall–Kier alpha value is -1.99. The Morgan fingerprint density at radius 3 is 2.70 bits per heavy atom. The second kappa shape index (κ2) is 6.64. The molecule has 23 heavy (non-hydrogen) atoms. The van der Waals surface area contributed by atoms with Gasteiger partial charge in [-0.1, -0.05) is 6.92 Å². The zero-order valence-electron chi connectivity index (χ0n) is 13.1. The molecule has 0 spiro atoms. The van der Waals surface area contributed by atoms with Gasteiger partial charge in [0.15, 0.2) is 12.0 Å². The third kappa shape index (κ3) is 3.20. The maximum atomic E-state index is 12.3. The van der Waals surface area contributed by atoms with E-state index in [2.05, 4.69) is 17.0 Å². The largest absolute Gasteiger partial charge is 0.456 e. The molecule has 0 amide bonds. The van der Waals surface area contributed by atoms with E-state index in [1.807, 2.05) is 0 Å². The Bertz CT molecular complexity index is 576. The average Bonchev–Trinajstić information content (AvgIpc) is 3.10. The van der Waals surface area contributed by atoms with Crippen LogP contribution in [0.15, 0.2) is 29.5 Å². The predicted octanol–water partition coefficient (Wildman–Crippen LogP) is 2.95. The number of nitrogens with zero attached hydrogens (tertiary/aromatic N) is 1. The van der Waals surface area contributed by atoms with E-state index in [4.69, 9.17) is 19.7 Å². The van der Waals surface area contributed by atoms with Crippen LogP contribution in [0.25, 0.3) is 0 Å². The van der Waals surface area contributed by atoms with E-state index >= 15 is 0 Å². The van der Waals surface area contributed by atoms with Crippen molar-refractivity contribution in [3.63, 3.8) is 0 Å². The molecule has 1 aliphatic carbocycles. The first kappa shape index (κ1) is 15.9. The van der Waals surface area contributed by atoms with Crippen molar-refractivity contribution in [1.82, 2.24) is 0 Å². The van der Waals surface area contributed by atoms with Crippen molar-refractivity contribution in [3.8, 4) is 5.75 Å². The van der Waals surface area contributed by atoms with Crippen LogP contribution in [0, 0.1) is 17.4 Å². The molecule has 1 aliphatic heterocycles. The van der Waals surface area contributed by atoms with Crippen molar-refractivity contribution >= 4 is 5.97 Å². The predicted molar refractivity (Wildman–Crippen MR) is 79.0 cm³/mol. The number of carbonyl (C=O) groups is 1. The summed E-state index contributed by atoms with van der Waals surface area (Å²) < 4.78 is 16.8. The smallest absolute Gasteiger partial charge is 0.338 e. The molecule has 0 bridgehead atoms. The summed E-state index contributed by atoms with van der Waals surface area (Å²) in [7, 11) is 1.63. The van der Waals surface area contributed by atoms with Gasteiger partial charge in [0.2, 0.25) is 0 Å². The number of benzene rings is 1. The number of hydrogen-bond donors (Lipinski definition) is 1. The minimum absolute atomic E-state index is 0.0939. The SMILES string of the molecule is COC1C[C@@H]2[C@H](O1)[C@H](OC(=O)c1ccc(ON=N)cc1)C[C@H]2C. The molecule has 1 unspecified atom stereocenters. The molecule has 2 aliphatic rings. The molecule has 1 heterocycles. The summed E-state index contributed by atoms with van der Waals surface area (Å²) in [5.74, 6) is 0.814. The van der Waals surface area contributed by atoms with E-state index in [1.165, 1.54) is 0 Å². The number of fused-ring (bicyclic) bond motifs is 1. The van der Waals surface area contributed by atoms with Crippen LogP contribution < -0.4 is 4.84 Å². The molecule has 124 valence electrons. The number of nitrogens with one attached hydrogen (secondary N) is 1. The van der Waals surface area contributed by atoms with Crippen molar-refractivity contribution in [3.05, 3.63) is 29.8 Å². The molecule has 7 heteroatoms. The highest BCUT2D eigenvalue weighted by Crippen LogP contribution is 2.44. The Morgan fingerprint density at radius 1 is 1.30 bits per heavy atom. The summed E-state index contributed by atoms with van der Waals surface area (Å²) in [6, 6.07) is 6.32. The lowest BCUT2D eigenvalue weighted by Crippen LogP contribution is -2.30. The summed E-state index contributed by atoms with van der Waals surface area (Å²) in [6.45, 7) is 2.16. The quantitative estimate of drug-likeness (QED) is 0.512. The third-order valence-electron chi connectivity index (χ3n) is 4.66. The minimum Gasteiger partial charge on any atom is -0.456 e. The monoisotopic (exact) mass is 320 g/mol. The molecule has 7 nitrogen and oxygen atoms in total. The average molecular weight is 320 g/mol. The van der Waals surface area contributed by atoms with Gasteiger partial charge in [-0.25, -0.2) is 4.79 Å².